The van der Waals surface area contributed by atoms with E-state index in [2.05, 4.69) is 27.7 Å². The van der Waals surface area contributed by atoms with Crippen molar-refractivity contribution in [3.05, 3.63) is 0 Å². The lowest BCUT2D eigenvalue weighted by Crippen LogP contribution is -2.42. The van der Waals surface area contributed by atoms with Gasteiger partial charge in [-0.3, -0.25) is 4.79 Å². The summed E-state index contributed by atoms with van der Waals surface area (Å²) in [7, 11) is 1.27. The van der Waals surface area contributed by atoms with E-state index in [9.17, 15) is 4.79 Å². The predicted molar refractivity (Wildman–Crippen MR) is 104 cm³/mol. The van der Waals surface area contributed by atoms with E-state index in [1.165, 1.54) is 68.0 Å². The average molecular weight is 337 g/mol. The molecule has 0 bridgehead atoms. The van der Waals surface area contributed by atoms with Crippen molar-refractivity contribution >= 4 is 16.0 Å². The average Bonchev–Trinajstić information content (AvgIpc) is 2.80. The zero-order valence-electron chi connectivity index (χ0n) is 16.4. The molecule has 2 aliphatic rings. The van der Waals surface area contributed by atoms with Gasteiger partial charge in [0.1, 0.15) is 5.78 Å². The van der Waals surface area contributed by atoms with Crippen LogP contribution in [0.4, 0.5) is 0 Å². The van der Waals surface area contributed by atoms with Crippen molar-refractivity contribution in [2.75, 3.05) is 0 Å². The highest BCUT2D eigenvalue weighted by Crippen LogP contribution is 2.60. The largest absolute Gasteiger partial charge is 0.299 e. The fraction of sp³-hybridized carbons (Fsp3) is 0.952. The van der Waals surface area contributed by atoms with Gasteiger partial charge in [0.05, 0.1) is 0 Å². The zero-order valence-corrected chi connectivity index (χ0v) is 18.4. The van der Waals surface area contributed by atoms with Gasteiger partial charge in [0.15, 0.2) is 0 Å². The Morgan fingerprint density at radius 3 is 2.57 bits per heavy atom. The number of carbonyl (C=O) groups excluding carboxylic acids is 1. The summed E-state index contributed by atoms with van der Waals surface area (Å²) in [5, 5.41) is 0.508. The number of fused-ring (bicyclic) bond motifs is 1. The normalized spacial score (nSPS) is 33.0. The van der Waals surface area contributed by atoms with Crippen molar-refractivity contribution in [1.29, 1.82) is 0 Å². The third-order valence-corrected chi connectivity index (χ3v) is 7.90. The van der Waals surface area contributed by atoms with Crippen LogP contribution in [0, 0.1) is 23.2 Å². The van der Waals surface area contributed by atoms with E-state index >= 15 is 0 Å². The molecule has 2 heteroatoms. The molecule has 0 amide bonds. The Bertz CT molecular complexity index is 397. The molecular weight excluding hydrogens is 296 g/mol. The number of hydrogen-bond donors (Lipinski definition) is 0. The Hall–Kier alpha value is -0.113. The van der Waals surface area contributed by atoms with E-state index in [1.54, 1.807) is 0 Å². The van der Waals surface area contributed by atoms with Gasteiger partial charge in [-0.25, -0.2) is 0 Å². The maximum absolute atomic E-state index is 12.4. The third kappa shape index (κ3) is 4.30. The third-order valence-electron chi connectivity index (χ3n) is 7.15. The second kappa shape index (κ2) is 7.85. The smallest absolute Gasteiger partial charge is 0.136 e. The van der Waals surface area contributed by atoms with E-state index in [0.717, 1.165) is 24.7 Å². The Labute approximate surface area is 147 Å². The van der Waals surface area contributed by atoms with Crippen LogP contribution >= 0.6 is 0 Å². The van der Waals surface area contributed by atoms with Crippen molar-refractivity contribution in [2.24, 2.45) is 23.2 Å². The minimum Gasteiger partial charge on any atom is -0.299 e. The molecule has 0 aliphatic heterocycles. The van der Waals surface area contributed by atoms with Crippen molar-refractivity contribution in [3.63, 3.8) is 0 Å². The molecule has 0 N–H and O–H groups in total. The van der Waals surface area contributed by atoms with Gasteiger partial charge in [0, 0.05) is 22.6 Å². The van der Waals surface area contributed by atoms with Crippen LogP contribution in [0.5, 0.6) is 0 Å². The molecule has 1 nitrogen and oxygen atoms in total. The molecule has 2 rings (SSSR count). The van der Waals surface area contributed by atoms with Crippen LogP contribution in [0.3, 0.4) is 0 Å². The predicted octanol–water partition coefficient (Wildman–Crippen LogP) is 5.31. The summed E-state index contributed by atoms with van der Waals surface area (Å²) in [5.41, 5.74) is 0.325. The Kier molecular flexibility index (Phi) is 6.55. The highest BCUT2D eigenvalue weighted by molar-refractivity contribution is 6.14. The first-order valence-corrected chi connectivity index (χ1v) is 11.3. The summed E-state index contributed by atoms with van der Waals surface area (Å²) in [5.74, 6) is 2.63. The minimum absolute atomic E-state index is 0.325. The minimum atomic E-state index is 0.325. The molecule has 4 atom stereocenters. The van der Waals surface area contributed by atoms with Crippen molar-refractivity contribution in [2.45, 2.75) is 103 Å². The second-order valence-electron chi connectivity index (χ2n) is 9.74. The van der Waals surface area contributed by atoms with Gasteiger partial charge in [0.25, 0.3) is 0 Å². The Morgan fingerprint density at radius 1 is 1.22 bits per heavy atom. The lowest BCUT2D eigenvalue weighted by Gasteiger charge is -2.47. The first-order chi connectivity index (χ1) is 10.8. The van der Waals surface area contributed by atoms with Crippen molar-refractivity contribution in [3.8, 4) is 0 Å². The van der Waals surface area contributed by atoms with Gasteiger partial charge in [-0.2, -0.15) is 0 Å². The summed E-state index contributed by atoms with van der Waals surface area (Å²) in [6, 6.07) is 0. The van der Waals surface area contributed by atoms with Gasteiger partial charge in [0.2, 0.25) is 0 Å². The molecule has 0 saturated heterocycles. The van der Waals surface area contributed by atoms with E-state index in [1.807, 2.05) is 0 Å². The van der Waals surface area contributed by atoms with Gasteiger partial charge in [-0.1, -0.05) is 59.8 Å². The molecule has 134 valence electrons. The summed E-state index contributed by atoms with van der Waals surface area (Å²) in [6.45, 7) is 9.77. The Morgan fingerprint density at radius 2 is 1.91 bits per heavy atom. The number of Topliss-reactive ketones (excluding diaryl/α,β-unsaturated/α-hetero) is 1. The van der Waals surface area contributed by atoms with Gasteiger partial charge in [-0.15, -0.1) is 0 Å². The van der Waals surface area contributed by atoms with Crippen LogP contribution in [0.1, 0.15) is 98.3 Å². The SMILES string of the molecule is CCCCCCCC([C@H]1CC[C@H]2C(=O)CCC[C@]12C)C(C)(C)[SiH3]. The van der Waals surface area contributed by atoms with Gasteiger partial charge < -0.3 is 0 Å². The number of carbonyl (C=O) groups is 1. The maximum atomic E-state index is 12.4. The standard InChI is InChI=1S/C21H40OSi/c1-5-6-7-8-9-11-16(20(2,3)23)17-13-14-18-19(22)12-10-15-21(17,18)4/h16-18H,5-15H2,1-4,23H3/t16?,17-,18+,21-/m1/s1. The first-order valence-electron chi connectivity index (χ1n) is 10.3. The molecular formula is C21H40OSi. The molecule has 0 heterocycles. The molecule has 23 heavy (non-hydrogen) atoms. The zero-order chi connectivity index (χ0) is 17.1. The summed E-state index contributed by atoms with van der Waals surface area (Å²) < 4.78 is 0. The van der Waals surface area contributed by atoms with E-state index in [-0.39, 0.29) is 0 Å². The highest BCUT2D eigenvalue weighted by Gasteiger charge is 2.54. The number of ketones is 1. The first kappa shape index (κ1) is 19.2. The van der Waals surface area contributed by atoms with Crippen molar-refractivity contribution < 1.29 is 4.79 Å². The molecule has 0 aromatic carbocycles. The molecule has 0 radical (unpaired) electrons. The summed E-state index contributed by atoms with van der Waals surface area (Å²) >= 11 is 0. The number of hydrogen-bond acceptors (Lipinski definition) is 1. The van der Waals surface area contributed by atoms with Gasteiger partial charge in [-0.05, 0) is 54.4 Å². The molecule has 1 unspecified atom stereocenters. The fourth-order valence-electron chi connectivity index (χ4n) is 5.84. The van der Waals surface area contributed by atoms with Gasteiger partial charge >= 0.3 is 0 Å². The molecule has 2 aliphatic carbocycles. The van der Waals surface area contributed by atoms with Crippen LogP contribution in [-0.2, 0) is 4.79 Å². The molecule has 0 aromatic heterocycles. The van der Waals surface area contributed by atoms with Crippen molar-refractivity contribution in [1.82, 2.24) is 0 Å². The Balaban J connectivity index is 2.05. The lowest BCUT2D eigenvalue weighted by atomic mass is 9.60. The number of rotatable bonds is 8. The summed E-state index contributed by atoms with van der Waals surface area (Å²) in [6.07, 6.45) is 14.2. The molecule has 0 aromatic rings. The second-order valence-corrected chi connectivity index (χ2v) is 12.3. The quantitative estimate of drug-likeness (QED) is 0.433. The highest BCUT2D eigenvalue weighted by atomic mass is 28.1. The van der Waals surface area contributed by atoms with Crippen LogP contribution in [0.25, 0.3) is 0 Å². The van der Waals surface area contributed by atoms with Crippen LogP contribution in [0.2, 0.25) is 5.04 Å². The van der Waals surface area contributed by atoms with E-state index in [0.29, 0.717) is 22.2 Å². The van der Waals surface area contributed by atoms with Crippen LogP contribution in [-0.4, -0.2) is 16.0 Å². The van der Waals surface area contributed by atoms with Crippen LogP contribution in [0.15, 0.2) is 0 Å². The number of unbranched alkanes of at least 4 members (excludes halogenated alkanes) is 4. The van der Waals surface area contributed by atoms with E-state index in [4.69, 9.17) is 0 Å². The maximum Gasteiger partial charge on any atom is 0.136 e. The monoisotopic (exact) mass is 336 g/mol. The van der Waals surface area contributed by atoms with E-state index < -0.39 is 0 Å². The fourth-order valence-corrected chi connectivity index (χ4v) is 6.53. The topological polar surface area (TPSA) is 17.1 Å². The summed E-state index contributed by atoms with van der Waals surface area (Å²) in [4.78, 5) is 12.4. The molecule has 0 spiro atoms. The lowest BCUT2D eigenvalue weighted by molar-refractivity contribution is -0.130. The molecule has 2 fully saturated rings. The molecule has 2 saturated carbocycles. The van der Waals surface area contributed by atoms with Crippen LogP contribution < -0.4 is 0 Å².